The first kappa shape index (κ1) is 30.9. The Kier molecular flexibility index (Phi) is 8.82. The summed E-state index contributed by atoms with van der Waals surface area (Å²) in [6, 6.07) is 9.20. The van der Waals surface area contributed by atoms with E-state index in [4.69, 9.17) is 14.1 Å². The molecule has 1 fully saturated rings. The van der Waals surface area contributed by atoms with Gasteiger partial charge in [-0.05, 0) is 53.2 Å². The van der Waals surface area contributed by atoms with Crippen molar-refractivity contribution in [3.63, 3.8) is 0 Å². The van der Waals surface area contributed by atoms with Crippen LogP contribution in [0.2, 0.25) is 0 Å². The fraction of sp³-hybridized carbons (Fsp3) is 0.333. The molecule has 3 heterocycles. The van der Waals surface area contributed by atoms with Crippen molar-refractivity contribution in [2.45, 2.75) is 44.9 Å². The maximum absolute atomic E-state index is 13.4. The van der Waals surface area contributed by atoms with Gasteiger partial charge in [0, 0.05) is 37.1 Å². The Labute approximate surface area is 251 Å². The minimum Gasteiger partial charge on any atom is -0.423 e. The lowest BCUT2D eigenvalue weighted by molar-refractivity contribution is -0.197. The lowest BCUT2D eigenvalue weighted by Gasteiger charge is -2.30. The zero-order chi connectivity index (χ0) is 31.6. The van der Waals surface area contributed by atoms with Gasteiger partial charge in [-0.15, -0.1) is 5.06 Å². The van der Waals surface area contributed by atoms with Crippen LogP contribution in [0.5, 0.6) is 0 Å². The molecule has 17 heteroatoms. The van der Waals surface area contributed by atoms with Gasteiger partial charge in [0.2, 0.25) is 5.91 Å². The number of amides is 5. The number of hydroxylamine groups is 2. The minimum atomic E-state index is -1.76. The smallest absolute Gasteiger partial charge is 0.423 e. The molecule has 228 valence electrons. The maximum atomic E-state index is 13.4. The topological polar surface area (TPSA) is 210 Å². The lowest BCUT2D eigenvalue weighted by Crippen LogP contribution is -2.62. The first-order valence-electron chi connectivity index (χ1n) is 13.8. The molecule has 0 aliphatic carbocycles. The molecule has 3 aliphatic heterocycles. The second-order valence-electron chi connectivity index (χ2n) is 10.7. The second-order valence-corrected chi connectivity index (χ2v) is 10.7. The van der Waals surface area contributed by atoms with Crippen LogP contribution in [0.3, 0.4) is 0 Å². The summed E-state index contributed by atoms with van der Waals surface area (Å²) >= 11 is 0. The molecule has 15 nitrogen and oxygen atoms in total. The average Bonchev–Trinajstić information content (AvgIpc) is 3.67. The molecule has 2 aromatic rings. The highest BCUT2D eigenvalue weighted by Crippen LogP contribution is 2.15. The summed E-state index contributed by atoms with van der Waals surface area (Å²) < 4.78 is 10.3. The van der Waals surface area contributed by atoms with Crippen molar-refractivity contribution in [2.75, 3.05) is 13.1 Å². The summed E-state index contributed by atoms with van der Waals surface area (Å²) in [6.45, 7) is 1.08. The van der Waals surface area contributed by atoms with Crippen molar-refractivity contribution in [1.29, 1.82) is 0 Å². The van der Waals surface area contributed by atoms with Crippen LogP contribution < -0.4 is 26.9 Å². The van der Waals surface area contributed by atoms with Gasteiger partial charge in [0.15, 0.2) is 0 Å². The SMILES string of the molecule is C[C@](CNC(=O)c1ccc2c(c1)B(O)OC2)(NC(=O)c1ccc2c(c1)B(O)OC2)C(=O)NCCC(=O)ON1C(=O)CCC1=O. The van der Waals surface area contributed by atoms with Crippen LogP contribution in [-0.4, -0.2) is 83.5 Å². The van der Waals surface area contributed by atoms with E-state index >= 15 is 0 Å². The van der Waals surface area contributed by atoms with Crippen LogP contribution in [0.1, 0.15) is 58.0 Å². The Hall–Kier alpha value is -4.57. The van der Waals surface area contributed by atoms with Crippen LogP contribution in [0.25, 0.3) is 0 Å². The molecule has 44 heavy (non-hydrogen) atoms. The Morgan fingerprint density at radius 1 is 0.886 bits per heavy atom. The number of nitrogens with one attached hydrogen (secondary N) is 3. The zero-order valence-electron chi connectivity index (χ0n) is 23.6. The summed E-state index contributed by atoms with van der Waals surface area (Å²) in [4.78, 5) is 80.0. The summed E-state index contributed by atoms with van der Waals surface area (Å²) in [5.41, 5.74) is 0.832. The fourth-order valence-electron chi connectivity index (χ4n) is 4.85. The standard InChI is InChI=1S/C27H28B2N4O11/c1-27(32-25(38)16-3-5-18-13-43-29(41)20(18)11-16,14-31-24(37)15-2-4-17-12-42-28(40)19(17)10-15)26(39)30-9-8-23(36)44-33-21(34)6-7-22(33)35/h2-5,10-11,40-41H,6-9,12-14H2,1H3,(H,30,39)(H,31,37)(H,32,38)/t27-/m1/s1. The van der Waals surface area contributed by atoms with Gasteiger partial charge in [0.25, 0.3) is 23.6 Å². The van der Waals surface area contributed by atoms with Crippen molar-refractivity contribution in [2.24, 2.45) is 0 Å². The molecule has 1 atom stereocenters. The van der Waals surface area contributed by atoms with Crippen LogP contribution in [0, 0.1) is 0 Å². The number of imide groups is 1. The molecule has 0 saturated carbocycles. The number of fused-ring (bicyclic) bond motifs is 2. The van der Waals surface area contributed by atoms with Gasteiger partial charge < -0.3 is 40.1 Å². The predicted octanol–water partition coefficient (Wildman–Crippen LogP) is -2.85. The van der Waals surface area contributed by atoms with Crippen LogP contribution in [-0.2, 0) is 46.5 Å². The normalized spacial score (nSPS) is 16.8. The average molecular weight is 606 g/mol. The third-order valence-corrected chi connectivity index (χ3v) is 7.45. The largest absolute Gasteiger partial charge is 0.491 e. The summed E-state index contributed by atoms with van der Waals surface area (Å²) in [6.07, 6.45) is -0.535. The summed E-state index contributed by atoms with van der Waals surface area (Å²) in [5, 5.41) is 28.2. The Morgan fingerprint density at radius 2 is 1.43 bits per heavy atom. The first-order chi connectivity index (χ1) is 20.9. The highest BCUT2D eigenvalue weighted by molar-refractivity contribution is 6.62. The molecule has 5 N–H and O–H groups in total. The molecule has 3 aliphatic rings. The molecule has 0 aromatic heterocycles. The molecular weight excluding hydrogens is 578 g/mol. The van der Waals surface area contributed by atoms with Crippen molar-refractivity contribution in [3.8, 4) is 0 Å². The van der Waals surface area contributed by atoms with Gasteiger partial charge in [-0.25, -0.2) is 4.79 Å². The van der Waals surface area contributed by atoms with Gasteiger partial charge in [0.05, 0.1) is 19.6 Å². The Balaban J connectivity index is 1.27. The molecule has 5 amide bonds. The monoisotopic (exact) mass is 606 g/mol. The van der Waals surface area contributed by atoms with Crippen LogP contribution in [0.15, 0.2) is 36.4 Å². The van der Waals surface area contributed by atoms with Crippen molar-refractivity contribution in [1.82, 2.24) is 21.0 Å². The highest BCUT2D eigenvalue weighted by Gasteiger charge is 2.38. The van der Waals surface area contributed by atoms with E-state index in [0.29, 0.717) is 21.6 Å². The summed E-state index contributed by atoms with van der Waals surface area (Å²) in [5.74, 6) is -4.28. The van der Waals surface area contributed by atoms with E-state index in [-0.39, 0.29) is 43.7 Å². The second kappa shape index (κ2) is 12.6. The number of benzene rings is 2. The van der Waals surface area contributed by atoms with E-state index in [2.05, 4.69) is 16.0 Å². The molecular formula is C27H28B2N4O11. The fourth-order valence-corrected chi connectivity index (χ4v) is 4.85. The van der Waals surface area contributed by atoms with Gasteiger partial charge in [-0.3, -0.25) is 24.0 Å². The van der Waals surface area contributed by atoms with E-state index in [1.807, 2.05) is 0 Å². The minimum absolute atomic E-state index is 0.0668. The van der Waals surface area contributed by atoms with E-state index in [1.165, 1.54) is 31.2 Å². The van der Waals surface area contributed by atoms with E-state index < -0.39 is 68.2 Å². The zero-order valence-corrected chi connectivity index (χ0v) is 23.6. The third kappa shape index (κ3) is 6.50. The molecule has 1 saturated heterocycles. The van der Waals surface area contributed by atoms with Gasteiger partial charge in [-0.1, -0.05) is 12.1 Å². The van der Waals surface area contributed by atoms with E-state index in [9.17, 15) is 38.8 Å². The van der Waals surface area contributed by atoms with Crippen molar-refractivity contribution < 1.29 is 53.0 Å². The molecule has 2 aromatic carbocycles. The molecule has 0 unspecified atom stereocenters. The van der Waals surface area contributed by atoms with Gasteiger partial charge in [0.1, 0.15) is 5.54 Å². The van der Waals surface area contributed by atoms with Crippen molar-refractivity contribution >= 4 is 60.7 Å². The van der Waals surface area contributed by atoms with E-state index in [0.717, 1.165) is 5.56 Å². The van der Waals surface area contributed by atoms with Gasteiger partial charge >= 0.3 is 20.2 Å². The van der Waals surface area contributed by atoms with Crippen molar-refractivity contribution in [3.05, 3.63) is 58.7 Å². The number of carbonyl (C=O) groups is 6. The molecule has 0 radical (unpaired) electrons. The number of rotatable bonds is 10. The van der Waals surface area contributed by atoms with Gasteiger partial charge in [-0.2, -0.15) is 0 Å². The summed E-state index contributed by atoms with van der Waals surface area (Å²) in [7, 11) is -2.37. The Bertz CT molecular complexity index is 1540. The molecule has 0 bridgehead atoms. The molecule has 0 spiro atoms. The quantitative estimate of drug-likeness (QED) is 0.137. The number of nitrogens with zero attached hydrogens (tertiary/aromatic N) is 1. The number of carbonyl (C=O) groups excluding carboxylic acids is 6. The predicted molar refractivity (Wildman–Crippen MR) is 151 cm³/mol. The number of hydrogen-bond acceptors (Lipinski definition) is 11. The number of hydrogen-bond donors (Lipinski definition) is 5. The van der Waals surface area contributed by atoms with Crippen LogP contribution >= 0.6 is 0 Å². The van der Waals surface area contributed by atoms with E-state index in [1.54, 1.807) is 12.1 Å². The van der Waals surface area contributed by atoms with Crippen LogP contribution in [0.4, 0.5) is 0 Å². The highest BCUT2D eigenvalue weighted by atomic mass is 16.7. The molecule has 5 rings (SSSR count). The third-order valence-electron chi connectivity index (χ3n) is 7.45. The Morgan fingerprint density at radius 3 is 2.00 bits per heavy atom. The lowest BCUT2D eigenvalue weighted by atomic mass is 9.78. The maximum Gasteiger partial charge on any atom is 0.491 e. The first-order valence-corrected chi connectivity index (χ1v) is 13.8.